The van der Waals surface area contributed by atoms with Crippen LogP contribution in [0.25, 0.3) is 6.08 Å². The largest absolute Gasteiger partial charge is 0.463 e. The number of carbonyl (C=O) groups is 2. The molecule has 0 aliphatic rings. The van der Waals surface area contributed by atoms with Gasteiger partial charge in [0.05, 0.1) is 6.61 Å². The van der Waals surface area contributed by atoms with Gasteiger partial charge >= 0.3 is 5.97 Å². The molecule has 19 heavy (non-hydrogen) atoms. The average molecular weight is 259 g/mol. The topological polar surface area (TPSA) is 55.4 Å². The zero-order chi connectivity index (χ0) is 14.1. The molecule has 1 aromatic rings. The van der Waals surface area contributed by atoms with E-state index in [9.17, 15) is 9.59 Å². The van der Waals surface area contributed by atoms with Gasteiger partial charge in [0.2, 0.25) is 5.91 Å². The highest BCUT2D eigenvalue weighted by atomic mass is 16.5. The van der Waals surface area contributed by atoms with Gasteiger partial charge in [0.15, 0.2) is 0 Å². The summed E-state index contributed by atoms with van der Waals surface area (Å²) in [5, 5.41) is 2.67. The van der Waals surface area contributed by atoms with Crippen molar-refractivity contribution in [1.82, 2.24) is 5.32 Å². The van der Waals surface area contributed by atoms with Crippen molar-refractivity contribution in [3.05, 3.63) is 54.1 Å². The van der Waals surface area contributed by atoms with E-state index in [4.69, 9.17) is 0 Å². The molecule has 0 spiro atoms. The van der Waals surface area contributed by atoms with Crippen molar-refractivity contribution in [2.45, 2.75) is 13.5 Å². The molecule has 0 saturated carbocycles. The SMILES string of the molecule is C=Cc1ccc(CNC(=O)/C=C/C(=O)OCC)cc1. The van der Waals surface area contributed by atoms with Crippen LogP contribution >= 0.6 is 0 Å². The lowest BCUT2D eigenvalue weighted by molar-refractivity contribution is -0.137. The van der Waals surface area contributed by atoms with E-state index in [0.29, 0.717) is 13.2 Å². The Kier molecular flexibility index (Phi) is 6.09. The molecule has 4 nitrogen and oxygen atoms in total. The predicted octanol–water partition coefficient (Wildman–Crippen LogP) is 2.07. The van der Waals surface area contributed by atoms with Crippen LogP contribution in [-0.2, 0) is 20.9 Å². The average Bonchev–Trinajstić information content (AvgIpc) is 2.44. The van der Waals surface area contributed by atoms with Crippen molar-refractivity contribution in [3.63, 3.8) is 0 Å². The highest BCUT2D eigenvalue weighted by Crippen LogP contribution is 2.04. The number of ether oxygens (including phenoxy) is 1. The molecule has 0 aromatic heterocycles. The zero-order valence-electron chi connectivity index (χ0n) is 10.9. The summed E-state index contributed by atoms with van der Waals surface area (Å²) in [6.07, 6.45) is 4.03. The lowest BCUT2D eigenvalue weighted by Crippen LogP contribution is -2.20. The minimum atomic E-state index is -0.520. The Labute approximate surface area is 112 Å². The molecule has 0 fully saturated rings. The van der Waals surface area contributed by atoms with Crippen LogP contribution in [0.4, 0.5) is 0 Å². The summed E-state index contributed by atoms with van der Waals surface area (Å²) in [4.78, 5) is 22.4. The van der Waals surface area contributed by atoms with Crippen molar-refractivity contribution < 1.29 is 14.3 Å². The molecule has 0 aliphatic carbocycles. The van der Waals surface area contributed by atoms with Gasteiger partial charge in [0.1, 0.15) is 0 Å². The summed E-state index contributed by atoms with van der Waals surface area (Å²) in [7, 11) is 0. The molecule has 0 aliphatic heterocycles. The first-order chi connectivity index (χ1) is 9.15. The van der Waals surface area contributed by atoms with Crippen LogP contribution in [0.2, 0.25) is 0 Å². The van der Waals surface area contributed by atoms with Crippen LogP contribution in [0, 0.1) is 0 Å². The van der Waals surface area contributed by atoms with Gasteiger partial charge in [-0.2, -0.15) is 0 Å². The van der Waals surface area contributed by atoms with E-state index in [1.165, 1.54) is 0 Å². The molecule has 1 rings (SSSR count). The van der Waals surface area contributed by atoms with Gasteiger partial charge in [-0.05, 0) is 18.1 Å². The molecule has 0 atom stereocenters. The minimum absolute atomic E-state index is 0.292. The van der Waals surface area contributed by atoms with E-state index in [-0.39, 0.29) is 5.91 Å². The predicted molar refractivity (Wildman–Crippen MR) is 74.2 cm³/mol. The molecular formula is C15H17NO3. The van der Waals surface area contributed by atoms with E-state index in [2.05, 4.69) is 16.6 Å². The van der Waals surface area contributed by atoms with Crippen molar-refractivity contribution >= 4 is 18.0 Å². The zero-order valence-corrected chi connectivity index (χ0v) is 10.9. The molecule has 100 valence electrons. The standard InChI is InChI=1S/C15H17NO3/c1-3-12-5-7-13(8-6-12)11-16-14(17)9-10-15(18)19-4-2/h3,5-10H,1,4,11H2,2H3,(H,16,17)/b10-9+. The maximum Gasteiger partial charge on any atom is 0.330 e. The van der Waals surface area contributed by atoms with E-state index in [1.54, 1.807) is 13.0 Å². The molecule has 0 radical (unpaired) electrons. The lowest BCUT2D eigenvalue weighted by Gasteiger charge is -2.03. The first kappa shape index (κ1) is 14.7. The van der Waals surface area contributed by atoms with E-state index < -0.39 is 5.97 Å². The molecule has 0 saturated heterocycles. The number of benzene rings is 1. The van der Waals surface area contributed by atoms with E-state index >= 15 is 0 Å². The van der Waals surface area contributed by atoms with Crippen molar-refractivity contribution in [2.24, 2.45) is 0 Å². The maximum atomic E-state index is 11.4. The number of carbonyl (C=O) groups excluding carboxylic acids is 2. The Morgan fingerprint density at radius 3 is 2.53 bits per heavy atom. The third kappa shape index (κ3) is 5.68. The first-order valence-corrected chi connectivity index (χ1v) is 5.99. The number of amides is 1. The summed E-state index contributed by atoms with van der Waals surface area (Å²) >= 11 is 0. The van der Waals surface area contributed by atoms with Crippen molar-refractivity contribution in [2.75, 3.05) is 6.61 Å². The fourth-order valence-corrected chi connectivity index (χ4v) is 1.35. The summed E-state index contributed by atoms with van der Waals surface area (Å²) in [5.74, 6) is -0.853. The third-order valence-corrected chi connectivity index (χ3v) is 2.34. The Bertz CT molecular complexity index is 475. The van der Waals surface area contributed by atoms with Crippen LogP contribution < -0.4 is 5.32 Å². The van der Waals surface area contributed by atoms with Crippen LogP contribution in [0.5, 0.6) is 0 Å². The number of esters is 1. The smallest absolute Gasteiger partial charge is 0.330 e. The summed E-state index contributed by atoms with van der Waals surface area (Å²) in [5.41, 5.74) is 2.00. The second-order valence-corrected chi connectivity index (χ2v) is 3.75. The second kappa shape index (κ2) is 7.87. The number of nitrogens with one attached hydrogen (secondary N) is 1. The van der Waals surface area contributed by atoms with Gasteiger partial charge in [-0.1, -0.05) is 36.9 Å². The lowest BCUT2D eigenvalue weighted by atomic mass is 10.1. The molecule has 0 bridgehead atoms. The number of hydrogen-bond donors (Lipinski definition) is 1. The monoisotopic (exact) mass is 259 g/mol. The van der Waals surface area contributed by atoms with E-state index in [0.717, 1.165) is 23.3 Å². The second-order valence-electron chi connectivity index (χ2n) is 3.75. The van der Waals surface area contributed by atoms with Gasteiger partial charge in [-0.25, -0.2) is 4.79 Å². The molecule has 4 heteroatoms. The Balaban J connectivity index is 2.41. The van der Waals surface area contributed by atoms with E-state index in [1.807, 2.05) is 24.3 Å². The van der Waals surface area contributed by atoms with Crippen molar-refractivity contribution in [3.8, 4) is 0 Å². The Hall–Kier alpha value is -2.36. The Morgan fingerprint density at radius 1 is 1.26 bits per heavy atom. The van der Waals surface area contributed by atoms with Gasteiger partial charge in [0.25, 0.3) is 0 Å². The summed E-state index contributed by atoms with van der Waals surface area (Å²) in [6.45, 7) is 6.07. The van der Waals surface area contributed by atoms with Gasteiger partial charge in [-0.15, -0.1) is 0 Å². The Morgan fingerprint density at radius 2 is 1.95 bits per heavy atom. The highest BCUT2D eigenvalue weighted by molar-refractivity contribution is 5.94. The van der Waals surface area contributed by atoms with Gasteiger partial charge in [-0.3, -0.25) is 4.79 Å². The highest BCUT2D eigenvalue weighted by Gasteiger charge is 1.99. The van der Waals surface area contributed by atoms with Gasteiger partial charge in [0, 0.05) is 18.7 Å². The summed E-state index contributed by atoms with van der Waals surface area (Å²) in [6, 6.07) is 7.66. The quantitative estimate of drug-likeness (QED) is 0.628. The molecule has 0 heterocycles. The van der Waals surface area contributed by atoms with Gasteiger partial charge < -0.3 is 10.1 Å². The maximum absolute atomic E-state index is 11.4. The minimum Gasteiger partial charge on any atom is -0.463 e. The first-order valence-electron chi connectivity index (χ1n) is 5.99. The molecule has 1 amide bonds. The number of hydrogen-bond acceptors (Lipinski definition) is 3. The van der Waals surface area contributed by atoms with Crippen LogP contribution in [0.3, 0.4) is 0 Å². The molecular weight excluding hydrogens is 242 g/mol. The molecule has 0 unspecified atom stereocenters. The fraction of sp³-hybridized carbons (Fsp3) is 0.200. The van der Waals surface area contributed by atoms with Crippen LogP contribution in [0.1, 0.15) is 18.1 Å². The fourth-order valence-electron chi connectivity index (χ4n) is 1.35. The van der Waals surface area contributed by atoms with Crippen LogP contribution in [-0.4, -0.2) is 18.5 Å². The summed E-state index contributed by atoms with van der Waals surface area (Å²) < 4.78 is 4.67. The number of rotatable bonds is 6. The van der Waals surface area contributed by atoms with Crippen LogP contribution in [0.15, 0.2) is 43.0 Å². The van der Waals surface area contributed by atoms with Crippen molar-refractivity contribution in [1.29, 1.82) is 0 Å². The normalized spacial score (nSPS) is 10.2. The third-order valence-electron chi connectivity index (χ3n) is 2.34. The molecule has 1 aromatic carbocycles. The molecule has 1 N–H and O–H groups in total.